The minimum Gasteiger partial charge on any atom is -0.350 e. The van der Waals surface area contributed by atoms with Gasteiger partial charge < -0.3 is 10.6 Å². The van der Waals surface area contributed by atoms with Crippen LogP contribution in [0.3, 0.4) is 0 Å². The lowest BCUT2D eigenvalue weighted by molar-refractivity contribution is 0.0933. The average molecular weight is 410 g/mol. The van der Waals surface area contributed by atoms with Gasteiger partial charge in [0.05, 0.1) is 8.66 Å². The molecular formula is C13H18Br2N2OS. The fraction of sp³-hybridized carbons (Fsp3) is 0.615. The minimum atomic E-state index is -0.000395. The number of carbonyl (C=O) groups excluding carboxylic acids is 1. The third-order valence-corrected chi connectivity index (χ3v) is 6.92. The Balaban J connectivity index is 1.93. The third kappa shape index (κ3) is 3.80. The lowest BCUT2D eigenvalue weighted by Gasteiger charge is -2.39. The van der Waals surface area contributed by atoms with Gasteiger partial charge in [0.2, 0.25) is 0 Å². The second-order valence-corrected chi connectivity index (χ2v) is 8.77. The summed E-state index contributed by atoms with van der Waals surface area (Å²) in [6, 6.07) is 2.20. The summed E-state index contributed by atoms with van der Waals surface area (Å²) in [6.07, 6.45) is 2.42. The highest BCUT2D eigenvalue weighted by molar-refractivity contribution is 9.13. The van der Waals surface area contributed by atoms with Crippen molar-refractivity contribution in [3.63, 3.8) is 0 Å². The zero-order valence-corrected chi connectivity index (χ0v) is 15.0. The molecule has 2 heterocycles. The number of rotatable bonds is 3. The highest BCUT2D eigenvalue weighted by Gasteiger charge is 2.32. The lowest BCUT2D eigenvalue weighted by Crippen LogP contribution is -2.52. The van der Waals surface area contributed by atoms with Crippen LogP contribution in [0.5, 0.6) is 0 Å². The van der Waals surface area contributed by atoms with Gasteiger partial charge in [0, 0.05) is 17.1 Å². The molecule has 6 heteroatoms. The van der Waals surface area contributed by atoms with Gasteiger partial charge in [-0.25, -0.2) is 0 Å². The molecule has 0 bridgehead atoms. The maximum atomic E-state index is 12.1. The summed E-state index contributed by atoms with van der Waals surface area (Å²) in [7, 11) is 0. The quantitative estimate of drug-likeness (QED) is 0.797. The second kappa shape index (κ2) is 6.24. The molecule has 2 N–H and O–H groups in total. The molecule has 1 atom stereocenters. The Morgan fingerprint density at radius 3 is 2.89 bits per heavy atom. The molecular weight excluding hydrogens is 392 g/mol. The normalized spacial score (nSPS) is 22.2. The van der Waals surface area contributed by atoms with E-state index in [0.717, 1.165) is 19.7 Å². The Morgan fingerprint density at radius 1 is 1.58 bits per heavy atom. The third-order valence-electron chi connectivity index (χ3n) is 3.67. The molecule has 19 heavy (non-hydrogen) atoms. The molecule has 1 aromatic heterocycles. The largest absolute Gasteiger partial charge is 0.350 e. The van der Waals surface area contributed by atoms with Crippen molar-refractivity contribution in [2.45, 2.75) is 32.7 Å². The Hall–Kier alpha value is 0.0900. The topological polar surface area (TPSA) is 41.1 Å². The van der Waals surface area contributed by atoms with Gasteiger partial charge in [0.1, 0.15) is 0 Å². The smallest absolute Gasteiger partial charge is 0.261 e. The number of halogens is 2. The van der Waals surface area contributed by atoms with Crippen LogP contribution >= 0.6 is 43.2 Å². The summed E-state index contributed by atoms with van der Waals surface area (Å²) in [5, 5.41) is 6.54. The van der Waals surface area contributed by atoms with Gasteiger partial charge in [-0.3, -0.25) is 4.79 Å². The van der Waals surface area contributed by atoms with Crippen LogP contribution in [0.4, 0.5) is 0 Å². The van der Waals surface area contributed by atoms with E-state index in [1.54, 1.807) is 0 Å². The maximum Gasteiger partial charge on any atom is 0.261 e. The summed E-state index contributed by atoms with van der Waals surface area (Å²) in [4.78, 5) is 12.8. The van der Waals surface area contributed by atoms with Gasteiger partial charge in [0.15, 0.2) is 0 Å². The number of hydrogen-bond acceptors (Lipinski definition) is 3. The van der Waals surface area contributed by atoms with E-state index in [1.807, 2.05) is 6.07 Å². The molecule has 3 nitrogen and oxygen atoms in total. The van der Waals surface area contributed by atoms with Crippen molar-refractivity contribution in [1.82, 2.24) is 10.6 Å². The van der Waals surface area contributed by atoms with E-state index in [4.69, 9.17) is 0 Å². The predicted octanol–water partition coefficient (Wildman–Crippen LogP) is 3.78. The first-order valence-electron chi connectivity index (χ1n) is 6.36. The molecule has 1 aliphatic rings. The Labute approximate surface area is 134 Å². The summed E-state index contributed by atoms with van der Waals surface area (Å²) in [6.45, 7) is 6.24. The summed E-state index contributed by atoms with van der Waals surface area (Å²) >= 11 is 8.26. The minimum absolute atomic E-state index is 0.000395. The number of hydrogen-bond donors (Lipinski definition) is 2. The van der Waals surface area contributed by atoms with Crippen LogP contribution < -0.4 is 10.6 Å². The molecule has 106 valence electrons. The van der Waals surface area contributed by atoms with Crippen molar-refractivity contribution >= 4 is 49.1 Å². The molecule has 1 fully saturated rings. The molecule has 1 saturated heterocycles. The zero-order valence-electron chi connectivity index (χ0n) is 11.1. The molecule has 1 aromatic rings. The predicted molar refractivity (Wildman–Crippen MR) is 86.9 cm³/mol. The fourth-order valence-electron chi connectivity index (χ4n) is 2.36. The monoisotopic (exact) mass is 408 g/mol. The lowest BCUT2D eigenvalue weighted by atomic mass is 9.77. The zero-order chi connectivity index (χ0) is 14.0. The van der Waals surface area contributed by atoms with Gasteiger partial charge in [-0.2, -0.15) is 0 Å². The van der Waals surface area contributed by atoms with E-state index in [2.05, 4.69) is 56.3 Å². The van der Waals surface area contributed by atoms with Crippen LogP contribution in [-0.4, -0.2) is 25.0 Å². The van der Waals surface area contributed by atoms with Crippen molar-refractivity contribution in [1.29, 1.82) is 0 Å². The standard InChI is InChI=1S/C13H18Br2N2OS/c1-13(2)4-3-5-16-10(13)7-17-12(18)9-6-8(14)11(15)19-9/h6,10,16H,3-5,7H2,1-2H3,(H,17,18). The highest BCUT2D eigenvalue weighted by atomic mass is 79.9. The van der Waals surface area contributed by atoms with E-state index >= 15 is 0 Å². The number of nitrogens with one attached hydrogen (secondary N) is 2. The Kier molecular flexibility index (Phi) is 5.09. The number of carbonyl (C=O) groups is 1. The molecule has 0 saturated carbocycles. The summed E-state index contributed by atoms with van der Waals surface area (Å²) in [5.41, 5.74) is 0.238. The van der Waals surface area contributed by atoms with Crippen LogP contribution in [0, 0.1) is 5.41 Å². The van der Waals surface area contributed by atoms with E-state index in [9.17, 15) is 4.79 Å². The molecule has 0 spiro atoms. The first-order valence-corrected chi connectivity index (χ1v) is 8.77. The SMILES string of the molecule is CC1(C)CCCNC1CNC(=O)c1cc(Br)c(Br)s1. The maximum absolute atomic E-state index is 12.1. The molecule has 0 radical (unpaired) electrons. The second-order valence-electron chi connectivity index (χ2n) is 5.54. The van der Waals surface area contributed by atoms with Gasteiger partial charge in [-0.15, -0.1) is 11.3 Å². The first-order chi connectivity index (χ1) is 8.90. The van der Waals surface area contributed by atoms with Crippen LogP contribution in [0.25, 0.3) is 0 Å². The van der Waals surface area contributed by atoms with Gasteiger partial charge in [0.25, 0.3) is 5.91 Å². The van der Waals surface area contributed by atoms with Gasteiger partial charge >= 0.3 is 0 Å². The summed E-state index contributed by atoms with van der Waals surface area (Å²) in [5.74, 6) is -0.000395. The molecule has 0 aliphatic carbocycles. The molecule has 2 rings (SSSR count). The van der Waals surface area contributed by atoms with Crippen LogP contribution in [0.15, 0.2) is 14.3 Å². The van der Waals surface area contributed by atoms with Crippen LogP contribution in [0.1, 0.15) is 36.4 Å². The molecule has 1 amide bonds. The van der Waals surface area contributed by atoms with E-state index in [0.29, 0.717) is 12.6 Å². The Bertz CT molecular complexity index is 454. The molecule has 1 unspecified atom stereocenters. The van der Waals surface area contributed by atoms with E-state index in [1.165, 1.54) is 24.2 Å². The molecule has 0 aromatic carbocycles. The van der Waals surface area contributed by atoms with Crippen molar-refractivity contribution in [3.8, 4) is 0 Å². The van der Waals surface area contributed by atoms with Crippen molar-refractivity contribution < 1.29 is 4.79 Å². The average Bonchev–Trinajstić information content (AvgIpc) is 2.67. The number of thiophene rings is 1. The van der Waals surface area contributed by atoms with Crippen molar-refractivity contribution in [3.05, 3.63) is 19.2 Å². The van der Waals surface area contributed by atoms with Crippen molar-refractivity contribution in [2.75, 3.05) is 13.1 Å². The fourth-order valence-corrected chi connectivity index (χ4v) is 4.31. The van der Waals surface area contributed by atoms with E-state index < -0.39 is 0 Å². The van der Waals surface area contributed by atoms with Crippen molar-refractivity contribution in [2.24, 2.45) is 5.41 Å². The highest BCUT2D eigenvalue weighted by Crippen LogP contribution is 2.32. The first kappa shape index (κ1) is 15.5. The van der Waals surface area contributed by atoms with Crippen LogP contribution in [0.2, 0.25) is 0 Å². The Morgan fingerprint density at radius 2 is 2.32 bits per heavy atom. The van der Waals surface area contributed by atoms with Crippen LogP contribution in [-0.2, 0) is 0 Å². The molecule has 1 aliphatic heterocycles. The number of amides is 1. The van der Waals surface area contributed by atoms with Gasteiger partial charge in [-0.05, 0) is 62.7 Å². The van der Waals surface area contributed by atoms with E-state index in [-0.39, 0.29) is 11.3 Å². The summed E-state index contributed by atoms with van der Waals surface area (Å²) < 4.78 is 1.88. The van der Waals surface area contributed by atoms with Gasteiger partial charge in [-0.1, -0.05) is 13.8 Å². The number of piperidine rings is 1.